The summed E-state index contributed by atoms with van der Waals surface area (Å²) in [6, 6.07) is 6.85. The number of carbonyl (C=O) groups is 2. The molecule has 2 atom stereocenters. The number of nitrogens with one attached hydrogen (secondary N) is 1. The number of nitrogens with two attached hydrogens (primary N) is 1. The van der Waals surface area contributed by atoms with Gasteiger partial charge in [-0.15, -0.1) is 0 Å². The van der Waals surface area contributed by atoms with Crippen LogP contribution in [0.5, 0.6) is 5.75 Å². The van der Waals surface area contributed by atoms with Crippen molar-refractivity contribution in [1.82, 2.24) is 15.2 Å². The van der Waals surface area contributed by atoms with Crippen molar-refractivity contribution in [1.29, 1.82) is 0 Å². The predicted molar refractivity (Wildman–Crippen MR) is 164 cm³/mol. The Morgan fingerprint density at radius 2 is 1.79 bits per heavy atom. The molecule has 0 saturated carbocycles. The third-order valence-corrected chi connectivity index (χ3v) is 7.32. The number of aliphatic hydroxyl groups excluding tert-OH is 1. The second-order valence-corrected chi connectivity index (χ2v) is 11.1. The van der Waals surface area contributed by atoms with E-state index in [2.05, 4.69) is 30.2 Å². The Balaban J connectivity index is 1.83. The van der Waals surface area contributed by atoms with Crippen LogP contribution >= 0.6 is 0 Å². The first-order valence-corrected chi connectivity index (χ1v) is 15.5. The molecule has 234 valence electrons. The smallest absolute Gasteiger partial charge is 0.222 e. The topological polar surface area (TPSA) is 118 Å². The van der Waals surface area contributed by atoms with Crippen molar-refractivity contribution < 1.29 is 23.8 Å². The average molecular weight is 587 g/mol. The summed E-state index contributed by atoms with van der Waals surface area (Å²) in [6.07, 6.45) is 9.67. The molecule has 2 amide bonds. The molecule has 1 unspecified atom stereocenters. The molecule has 2 aromatic rings. The maximum atomic E-state index is 14.4. The van der Waals surface area contributed by atoms with Crippen LogP contribution in [-0.4, -0.2) is 59.1 Å². The zero-order valence-corrected chi connectivity index (χ0v) is 25.7. The Kier molecular flexibility index (Phi) is 16.7. The lowest BCUT2D eigenvalue weighted by atomic mass is 10.00. The van der Waals surface area contributed by atoms with Crippen molar-refractivity contribution in [2.45, 2.75) is 97.6 Å². The number of benzene rings is 1. The van der Waals surface area contributed by atoms with E-state index in [1.807, 2.05) is 30.3 Å². The standard InChI is InChI=1S/C33H51FN4O4/c1-4-8-26(13-15-38(14-5-2)33(41)10-7-9-32(35)40)24-42-31-18-27(17-29(34)19-31)11-12-30(39)23-37-22-28-16-25(6-3)20-36-21-28/h16-21,26,30,37,39H,4-15,22-24H2,1-3H3,(H2,35,40)/t26?,30-/m0/s1. The van der Waals surface area contributed by atoms with Crippen LogP contribution in [-0.2, 0) is 29.0 Å². The molecule has 9 heteroatoms. The van der Waals surface area contributed by atoms with E-state index in [9.17, 15) is 19.1 Å². The molecule has 0 aliphatic rings. The molecular weight excluding hydrogens is 535 g/mol. The van der Waals surface area contributed by atoms with Gasteiger partial charge in [-0.25, -0.2) is 4.39 Å². The van der Waals surface area contributed by atoms with Gasteiger partial charge < -0.3 is 25.8 Å². The lowest BCUT2D eigenvalue weighted by Gasteiger charge is -2.25. The van der Waals surface area contributed by atoms with E-state index in [1.54, 1.807) is 0 Å². The molecule has 1 aromatic heterocycles. The minimum atomic E-state index is -0.557. The number of hydrogen-bond acceptors (Lipinski definition) is 6. The van der Waals surface area contributed by atoms with E-state index in [1.165, 1.54) is 17.7 Å². The highest BCUT2D eigenvalue weighted by molar-refractivity contribution is 5.78. The third-order valence-electron chi connectivity index (χ3n) is 7.32. The number of rotatable bonds is 22. The Morgan fingerprint density at radius 3 is 2.50 bits per heavy atom. The molecule has 42 heavy (non-hydrogen) atoms. The maximum Gasteiger partial charge on any atom is 0.222 e. The first kappa shape index (κ1) is 35.2. The van der Waals surface area contributed by atoms with Crippen LogP contribution in [0.15, 0.2) is 36.7 Å². The number of aliphatic hydroxyl groups is 1. The summed E-state index contributed by atoms with van der Waals surface area (Å²) in [6.45, 7) is 9.06. The van der Waals surface area contributed by atoms with Gasteiger partial charge in [0, 0.05) is 57.5 Å². The molecule has 0 radical (unpaired) electrons. The van der Waals surface area contributed by atoms with Gasteiger partial charge in [0.25, 0.3) is 0 Å². The molecule has 4 N–H and O–H groups in total. The number of halogens is 1. The maximum absolute atomic E-state index is 14.4. The number of aromatic nitrogens is 1. The van der Waals surface area contributed by atoms with Crippen molar-refractivity contribution in [3.63, 3.8) is 0 Å². The lowest BCUT2D eigenvalue weighted by molar-refractivity contribution is -0.131. The molecule has 0 saturated heterocycles. The van der Waals surface area contributed by atoms with E-state index in [0.29, 0.717) is 64.2 Å². The summed E-state index contributed by atoms with van der Waals surface area (Å²) in [5.74, 6) is 0.00162. The molecule has 0 bridgehead atoms. The fourth-order valence-corrected chi connectivity index (χ4v) is 4.97. The van der Waals surface area contributed by atoms with Crippen LogP contribution in [0.3, 0.4) is 0 Å². The lowest BCUT2D eigenvalue weighted by Crippen LogP contribution is -2.34. The van der Waals surface area contributed by atoms with Gasteiger partial charge in [0.05, 0.1) is 12.7 Å². The summed E-state index contributed by atoms with van der Waals surface area (Å²) in [5, 5.41) is 13.7. The summed E-state index contributed by atoms with van der Waals surface area (Å²) in [7, 11) is 0. The van der Waals surface area contributed by atoms with Crippen LogP contribution in [0.1, 0.15) is 88.8 Å². The van der Waals surface area contributed by atoms with Crippen molar-refractivity contribution in [2.75, 3.05) is 26.2 Å². The second-order valence-electron chi connectivity index (χ2n) is 11.1. The van der Waals surface area contributed by atoms with Crippen LogP contribution in [0.4, 0.5) is 4.39 Å². The largest absolute Gasteiger partial charge is 0.493 e. The zero-order valence-electron chi connectivity index (χ0n) is 25.7. The monoisotopic (exact) mass is 586 g/mol. The Bertz CT molecular complexity index is 1080. The number of nitrogens with zero attached hydrogens (tertiary/aromatic N) is 2. The van der Waals surface area contributed by atoms with Crippen molar-refractivity contribution >= 4 is 11.8 Å². The van der Waals surface area contributed by atoms with Gasteiger partial charge in [-0.3, -0.25) is 14.6 Å². The van der Waals surface area contributed by atoms with Crippen molar-refractivity contribution in [3.05, 3.63) is 59.2 Å². The fourth-order valence-electron chi connectivity index (χ4n) is 4.97. The first-order valence-electron chi connectivity index (χ1n) is 15.5. The van der Waals surface area contributed by atoms with Crippen molar-refractivity contribution in [2.24, 2.45) is 11.7 Å². The van der Waals surface area contributed by atoms with Crippen LogP contribution in [0.25, 0.3) is 0 Å². The molecule has 0 fully saturated rings. The highest BCUT2D eigenvalue weighted by Gasteiger charge is 2.17. The third kappa shape index (κ3) is 14.2. The SMILES string of the molecule is CCCC(CCN(CCC)C(=O)CCCC(N)=O)COc1cc(F)cc(CC[C@H](O)CNCc2cncc(CC)c2)c1. The molecule has 2 rings (SSSR count). The quantitative estimate of drug-likeness (QED) is 0.180. The van der Waals surface area contributed by atoms with E-state index < -0.39 is 6.10 Å². The molecular formula is C33H51FN4O4. The van der Waals surface area contributed by atoms with Gasteiger partial charge in [-0.1, -0.05) is 33.3 Å². The minimum absolute atomic E-state index is 0.0455. The molecule has 1 aromatic carbocycles. The second kappa shape index (κ2) is 20.0. The number of amides is 2. The van der Waals surface area contributed by atoms with E-state index in [4.69, 9.17) is 10.5 Å². The zero-order chi connectivity index (χ0) is 30.7. The average Bonchev–Trinajstić information content (AvgIpc) is 2.96. The Morgan fingerprint density at radius 1 is 1.00 bits per heavy atom. The normalized spacial score (nSPS) is 12.6. The molecule has 0 aliphatic heterocycles. The highest BCUT2D eigenvalue weighted by atomic mass is 19.1. The molecule has 1 heterocycles. The number of ether oxygens (including phenoxy) is 1. The summed E-state index contributed by atoms with van der Waals surface area (Å²) < 4.78 is 20.5. The Hall–Kier alpha value is -3.04. The number of primary amides is 1. The van der Waals surface area contributed by atoms with Crippen molar-refractivity contribution in [3.8, 4) is 5.75 Å². The number of pyridine rings is 1. The highest BCUT2D eigenvalue weighted by Crippen LogP contribution is 2.21. The van der Waals surface area contributed by atoms with Gasteiger partial charge in [0.15, 0.2) is 0 Å². The molecule has 0 spiro atoms. The Labute approximate surface area is 251 Å². The van der Waals surface area contributed by atoms with Crippen LogP contribution in [0, 0.1) is 11.7 Å². The van der Waals surface area contributed by atoms with E-state index >= 15 is 0 Å². The first-order chi connectivity index (χ1) is 20.2. The summed E-state index contributed by atoms with van der Waals surface area (Å²) in [5.41, 5.74) is 8.25. The summed E-state index contributed by atoms with van der Waals surface area (Å²) in [4.78, 5) is 29.8. The van der Waals surface area contributed by atoms with Gasteiger partial charge >= 0.3 is 0 Å². The van der Waals surface area contributed by atoms with Gasteiger partial charge in [0.1, 0.15) is 11.6 Å². The number of carbonyl (C=O) groups excluding carboxylic acids is 2. The minimum Gasteiger partial charge on any atom is -0.493 e. The fraction of sp³-hybridized carbons (Fsp3) is 0.606. The summed E-state index contributed by atoms with van der Waals surface area (Å²) >= 11 is 0. The predicted octanol–water partition coefficient (Wildman–Crippen LogP) is 4.95. The molecule has 0 aliphatic carbocycles. The molecule has 8 nitrogen and oxygen atoms in total. The van der Waals surface area contributed by atoms with Gasteiger partial charge in [-0.05, 0) is 79.7 Å². The van der Waals surface area contributed by atoms with E-state index in [0.717, 1.165) is 43.2 Å². The van der Waals surface area contributed by atoms with Crippen LogP contribution < -0.4 is 15.8 Å². The van der Waals surface area contributed by atoms with E-state index in [-0.39, 0.29) is 30.0 Å². The van der Waals surface area contributed by atoms with Gasteiger partial charge in [-0.2, -0.15) is 0 Å². The van der Waals surface area contributed by atoms with Crippen LogP contribution in [0.2, 0.25) is 0 Å². The number of aryl methyl sites for hydroxylation is 2. The number of hydrogen-bond donors (Lipinski definition) is 3. The van der Waals surface area contributed by atoms with Gasteiger partial charge in [0.2, 0.25) is 11.8 Å².